The lowest BCUT2D eigenvalue weighted by molar-refractivity contribution is 0.0587. The van der Waals surface area contributed by atoms with Crippen molar-refractivity contribution in [1.29, 1.82) is 0 Å². The molecule has 124 valence electrons. The highest BCUT2D eigenvalue weighted by molar-refractivity contribution is 6.29. The summed E-state index contributed by atoms with van der Waals surface area (Å²) in [7, 11) is 2.44. The van der Waals surface area contributed by atoms with Crippen molar-refractivity contribution in [3.05, 3.63) is 58.4 Å². The van der Waals surface area contributed by atoms with E-state index >= 15 is 0 Å². The highest BCUT2D eigenvalue weighted by atomic mass is 35.5. The Balaban J connectivity index is 2.40. The number of halogens is 1. The van der Waals surface area contributed by atoms with Gasteiger partial charge in [-0.2, -0.15) is 0 Å². The lowest BCUT2D eigenvalue weighted by atomic mass is 10.1. The number of carbonyl (C=O) groups excluding carboxylic acids is 3. The third kappa shape index (κ3) is 3.88. The predicted molar refractivity (Wildman–Crippen MR) is 86.3 cm³/mol. The summed E-state index contributed by atoms with van der Waals surface area (Å²) >= 11 is 5.76. The van der Waals surface area contributed by atoms with E-state index in [1.165, 1.54) is 50.7 Å². The monoisotopic (exact) mass is 348 g/mol. The first kappa shape index (κ1) is 17.4. The summed E-state index contributed by atoms with van der Waals surface area (Å²) < 4.78 is 9.30. The van der Waals surface area contributed by atoms with E-state index in [1.54, 1.807) is 0 Å². The molecule has 0 spiro atoms. The molecule has 2 aromatic rings. The number of aromatic nitrogens is 1. The number of nitrogens with one attached hydrogen (secondary N) is 1. The second kappa shape index (κ2) is 7.56. The van der Waals surface area contributed by atoms with Crippen LogP contribution in [-0.4, -0.2) is 37.0 Å². The van der Waals surface area contributed by atoms with Gasteiger partial charge >= 0.3 is 11.9 Å². The summed E-state index contributed by atoms with van der Waals surface area (Å²) in [5.41, 5.74) is 0.629. The number of amides is 1. The van der Waals surface area contributed by atoms with Crippen molar-refractivity contribution < 1.29 is 23.9 Å². The van der Waals surface area contributed by atoms with E-state index in [9.17, 15) is 14.4 Å². The average molecular weight is 349 g/mol. The number of ether oxygens (including phenoxy) is 2. The summed E-state index contributed by atoms with van der Waals surface area (Å²) in [4.78, 5) is 39.6. The van der Waals surface area contributed by atoms with Crippen LogP contribution in [0.2, 0.25) is 5.15 Å². The Kier molecular flexibility index (Phi) is 5.49. The van der Waals surface area contributed by atoms with Crippen molar-refractivity contribution in [2.75, 3.05) is 19.5 Å². The number of methoxy groups -OCH3 is 2. The zero-order chi connectivity index (χ0) is 17.7. The normalized spacial score (nSPS) is 9.96. The molecular formula is C16H13ClN2O5. The number of nitrogens with zero attached hydrogens (tertiary/aromatic N) is 1. The van der Waals surface area contributed by atoms with Gasteiger partial charge in [0.2, 0.25) is 0 Å². The molecule has 0 aliphatic heterocycles. The maximum atomic E-state index is 12.3. The van der Waals surface area contributed by atoms with E-state index in [4.69, 9.17) is 11.6 Å². The van der Waals surface area contributed by atoms with Crippen LogP contribution in [0.4, 0.5) is 5.69 Å². The van der Waals surface area contributed by atoms with E-state index in [-0.39, 0.29) is 27.5 Å². The van der Waals surface area contributed by atoms with Gasteiger partial charge in [-0.1, -0.05) is 11.6 Å². The van der Waals surface area contributed by atoms with Crippen molar-refractivity contribution >= 4 is 35.1 Å². The van der Waals surface area contributed by atoms with Crippen LogP contribution < -0.4 is 5.32 Å². The maximum Gasteiger partial charge on any atom is 0.339 e. The summed E-state index contributed by atoms with van der Waals surface area (Å²) in [6, 6.07) is 6.94. The van der Waals surface area contributed by atoms with Crippen molar-refractivity contribution in [2.45, 2.75) is 0 Å². The molecule has 0 bridgehead atoms. The second-order valence-electron chi connectivity index (χ2n) is 4.56. The third-order valence-electron chi connectivity index (χ3n) is 3.08. The number of anilines is 1. The van der Waals surface area contributed by atoms with Crippen LogP contribution in [0.25, 0.3) is 0 Å². The SMILES string of the molecule is COC(=O)c1ccc(C(=O)OC)c(NC(=O)c2ccnc(Cl)c2)c1. The largest absolute Gasteiger partial charge is 0.465 e. The lowest BCUT2D eigenvalue weighted by Gasteiger charge is -2.11. The highest BCUT2D eigenvalue weighted by Gasteiger charge is 2.18. The summed E-state index contributed by atoms with van der Waals surface area (Å²) in [5.74, 6) is -1.78. The molecule has 1 aromatic carbocycles. The second-order valence-corrected chi connectivity index (χ2v) is 4.95. The Bertz CT molecular complexity index is 807. The minimum absolute atomic E-state index is 0.0960. The van der Waals surface area contributed by atoms with Gasteiger partial charge < -0.3 is 14.8 Å². The van der Waals surface area contributed by atoms with Crippen LogP contribution in [-0.2, 0) is 9.47 Å². The summed E-state index contributed by atoms with van der Waals surface area (Å²) in [6.07, 6.45) is 1.38. The number of pyridine rings is 1. The smallest absolute Gasteiger partial charge is 0.339 e. The van der Waals surface area contributed by atoms with Crippen molar-refractivity contribution in [2.24, 2.45) is 0 Å². The number of carbonyl (C=O) groups is 3. The standard InChI is InChI=1S/C16H13ClN2O5/c1-23-15(21)10-3-4-11(16(22)24-2)12(7-10)19-14(20)9-5-6-18-13(17)8-9/h3-8H,1-2H3,(H,19,20). The minimum atomic E-state index is -0.658. The molecule has 0 unspecified atom stereocenters. The first-order valence-electron chi connectivity index (χ1n) is 6.70. The van der Waals surface area contributed by atoms with E-state index in [2.05, 4.69) is 19.8 Å². The number of hydrogen-bond acceptors (Lipinski definition) is 6. The van der Waals surface area contributed by atoms with Crippen LogP contribution in [0.1, 0.15) is 31.1 Å². The van der Waals surface area contributed by atoms with E-state index in [0.717, 1.165) is 0 Å². The Morgan fingerprint density at radius 3 is 2.33 bits per heavy atom. The van der Waals surface area contributed by atoms with E-state index < -0.39 is 17.8 Å². The molecule has 1 aromatic heterocycles. The van der Waals surface area contributed by atoms with Crippen LogP contribution in [0, 0.1) is 0 Å². The van der Waals surface area contributed by atoms with Crippen LogP contribution in [0.3, 0.4) is 0 Å². The van der Waals surface area contributed by atoms with Crippen LogP contribution in [0.5, 0.6) is 0 Å². The number of hydrogen-bond donors (Lipinski definition) is 1. The minimum Gasteiger partial charge on any atom is -0.465 e. The van der Waals surface area contributed by atoms with E-state index in [0.29, 0.717) is 0 Å². The van der Waals surface area contributed by atoms with Gasteiger partial charge in [-0.25, -0.2) is 14.6 Å². The van der Waals surface area contributed by atoms with Crippen LogP contribution >= 0.6 is 11.6 Å². The number of rotatable bonds is 4. The number of benzene rings is 1. The van der Waals surface area contributed by atoms with Gasteiger partial charge in [-0.05, 0) is 30.3 Å². The molecule has 0 fully saturated rings. The molecule has 1 N–H and O–H groups in total. The fourth-order valence-corrected chi connectivity index (χ4v) is 2.09. The fourth-order valence-electron chi connectivity index (χ4n) is 1.92. The molecule has 0 atom stereocenters. The predicted octanol–water partition coefficient (Wildman–Crippen LogP) is 2.56. The molecule has 0 aliphatic carbocycles. The van der Waals surface area contributed by atoms with Crippen molar-refractivity contribution in [3.63, 3.8) is 0 Å². The summed E-state index contributed by atoms with van der Waals surface area (Å²) in [6.45, 7) is 0. The third-order valence-corrected chi connectivity index (χ3v) is 3.29. The maximum absolute atomic E-state index is 12.3. The molecule has 7 nitrogen and oxygen atoms in total. The van der Waals surface area contributed by atoms with Gasteiger partial charge in [0.25, 0.3) is 5.91 Å². The van der Waals surface area contributed by atoms with Crippen LogP contribution in [0.15, 0.2) is 36.5 Å². The quantitative estimate of drug-likeness (QED) is 0.674. The molecule has 0 saturated carbocycles. The first-order valence-corrected chi connectivity index (χ1v) is 7.07. The fraction of sp³-hybridized carbons (Fsp3) is 0.125. The molecule has 0 radical (unpaired) electrons. The topological polar surface area (TPSA) is 94.6 Å². The molecule has 0 aliphatic rings. The lowest BCUT2D eigenvalue weighted by Crippen LogP contribution is -2.16. The van der Waals surface area contributed by atoms with Gasteiger partial charge in [0, 0.05) is 11.8 Å². The Morgan fingerprint density at radius 2 is 1.71 bits per heavy atom. The average Bonchev–Trinajstić information content (AvgIpc) is 2.60. The Labute approximate surface area is 142 Å². The number of esters is 2. The molecule has 2 rings (SSSR count). The molecule has 8 heteroatoms. The molecular weight excluding hydrogens is 336 g/mol. The molecule has 1 heterocycles. The van der Waals surface area contributed by atoms with Crippen molar-refractivity contribution in [3.8, 4) is 0 Å². The zero-order valence-electron chi connectivity index (χ0n) is 12.8. The molecule has 24 heavy (non-hydrogen) atoms. The highest BCUT2D eigenvalue weighted by Crippen LogP contribution is 2.21. The zero-order valence-corrected chi connectivity index (χ0v) is 13.6. The van der Waals surface area contributed by atoms with Crippen molar-refractivity contribution in [1.82, 2.24) is 4.98 Å². The van der Waals surface area contributed by atoms with Gasteiger partial charge in [0.15, 0.2) is 0 Å². The Hall–Kier alpha value is -2.93. The van der Waals surface area contributed by atoms with Gasteiger partial charge in [-0.15, -0.1) is 0 Å². The molecule has 0 saturated heterocycles. The first-order chi connectivity index (χ1) is 11.5. The van der Waals surface area contributed by atoms with Gasteiger partial charge in [0.05, 0.1) is 31.0 Å². The summed E-state index contributed by atoms with van der Waals surface area (Å²) in [5, 5.41) is 2.71. The Morgan fingerprint density at radius 1 is 1.00 bits per heavy atom. The van der Waals surface area contributed by atoms with E-state index in [1.807, 2.05) is 0 Å². The van der Waals surface area contributed by atoms with Gasteiger partial charge in [0.1, 0.15) is 5.15 Å². The molecule has 1 amide bonds. The van der Waals surface area contributed by atoms with Gasteiger partial charge in [-0.3, -0.25) is 4.79 Å².